The molecule has 1 aromatic carbocycles. The quantitative estimate of drug-likeness (QED) is 0.0135. The number of carbonyl (C=O) groups is 6. The normalized spacial score (nSPS) is 23.0. The first-order chi connectivity index (χ1) is 55.5. The summed E-state index contributed by atoms with van der Waals surface area (Å²) in [4.78, 5) is 198. The van der Waals surface area contributed by atoms with E-state index in [1.165, 1.54) is 33.3 Å². The monoisotopic (exact) mass is 1800 g/mol. The number of hydrogen-bond acceptors (Lipinski definition) is 42. The van der Waals surface area contributed by atoms with Crippen LogP contribution in [0.5, 0.6) is 0 Å². The first kappa shape index (κ1) is 96.5. The van der Waals surface area contributed by atoms with Gasteiger partial charge in [-0.25, -0.2) is 38.5 Å². The molecule has 4 amide bonds. The van der Waals surface area contributed by atoms with Crippen LogP contribution >= 0.6 is 46.9 Å². The number of fused-ring (bicyclic) bond motifs is 2. The largest absolute Gasteiger partial charge is 0.790 e. The molecule has 0 spiro atoms. The number of nitrogen functional groups attached to an aromatic ring is 2. The Balaban J connectivity index is 0.580. The summed E-state index contributed by atoms with van der Waals surface area (Å²) < 4.78 is 123. The number of rotatable bonds is 51. The Morgan fingerprint density at radius 3 is 1.27 bits per heavy atom. The third kappa shape index (κ3) is 27.6. The number of anilines is 2. The van der Waals surface area contributed by atoms with E-state index in [0.29, 0.717) is 12.8 Å². The molecule has 9 rings (SSSR count). The minimum atomic E-state index is -5.99. The third-order valence-electron chi connectivity index (χ3n) is 20.3. The third-order valence-corrected chi connectivity index (χ3v) is 26.4. The van der Waals surface area contributed by atoms with Gasteiger partial charge in [0.15, 0.2) is 35.4 Å². The molecule has 12 N–H and O–H groups in total. The molecule has 48 nitrogen and oxygen atoms in total. The van der Waals surface area contributed by atoms with Gasteiger partial charge < -0.3 is 138 Å². The Kier molecular flexibility index (Phi) is 32.5. The van der Waals surface area contributed by atoms with Crippen molar-refractivity contribution in [2.45, 2.75) is 198 Å². The number of hydrogen-bond donors (Lipinski definition) is 10. The van der Waals surface area contributed by atoms with Gasteiger partial charge in [-0.1, -0.05) is 71.2 Å². The van der Waals surface area contributed by atoms with Crippen molar-refractivity contribution in [3.05, 3.63) is 60.7 Å². The van der Waals surface area contributed by atoms with E-state index in [-0.39, 0.29) is 97.4 Å². The van der Waals surface area contributed by atoms with Crippen LogP contribution in [0.2, 0.25) is 0 Å². The molecule has 664 valence electrons. The summed E-state index contributed by atoms with van der Waals surface area (Å²) >= 11 is 0. The summed E-state index contributed by atoms with van der Waals surface area (Å²) in [6.45, 7) is -0.504. The molecule has 2 saturated heterocycles. The van der Waals surface area contributed by atoms with Crippen LogP contribution in [-0.4, -0.2) is 196 Å². The van der Waals surface area contributed by atoms with Gasteiger partial charge >= 0.3 is 0 Å². The van der Waals surface area contributed by atoms with E-state index in [1.807, 2.05) is 6.07 Å². The van der Waals surface area contributed by atoms with Crippen molar-refractivity contribution in [1.82, 2.24) is 60.3 Å². The molecule has 6 heterocycles. The molecule has 5 aromatic rings. The topological polar surface area (TPSA) is 750 Å². The summed E-state index contributed by atoms with van der Waals surface area (Å²) in [7, 11) is -35.6. The number of nitrogens with two attached hydrogens (primary N) is 2. The number of aliphatic hydroxyl groups excluding tert-OH is 4. The molecule has 2 saturated carbocycles. The van der Waals surface area contributed by atoms with E-state index in [1.54, 1.807) is 0 Å². The van der Waals surface area contributed by atoms with Gasteiger partial charge in [-0.05, 0) is 75.3 Å². The first-order valence-electron chi connectivity index (χ1n) is 37.3. The number of ether oxygens (including phenoxy) is 2. The second-order valence-corrected chi connectivity index (χ2v) is 38.6. The van der Waals surface area contributed by atoms with Crippen LogP contribution in [0.4, 0.5) is 11.6 Å². The lowest BCUT2D eigenvalue weighted by Crippen LogP contribution is -2.46. The highest BCUT2D eigenvalue weighted by Crippen LogP contribution is 2.59. The van der Waals surface area contributed by atoms with Crippen molar-refractivity contribution >= 4 is 116 Å². The molecule has 14 unspecified atom stereocenters. The highest BCUT2D eigenvalue weighted by molar-refractivity contribution is 7.60. The highest BCUT2D eigenvalue weighted by Gasteiger charge is 2.52. The number of phosphoric ester groups is 6. The molecule has 0 bridgehead atoms. The lowest BCUT2D eigenvalue weighted by molar-refractivity contribution is -0.348. The second kappa shape index (κ2) is 40.1. The fourth-order valence-corrected chi connectivity index (χ4v) is 18.8. The molecule has 119 heavy (non-hydrogen) atoms. The van der Waals surface area contributed by atoms with Gasteiger partial charge in [-0.2, -0.15) is 0 Å². The molecule has 14 atom stereocenters. The van der Waals surface area contributed by atoms with Crippen LogP contribution < -0.4 is 71.9 Å². The number of Topliss-reactive ketones (excluding diaryl/α,β-unsaturated/α-hetero) is 2. The Morgan fingerprint density at radius 1 is 0.529 bits per heavy atom. The zero-order chi connectivity index (χ0) is 87.5. The van der Waals surface area contributed by atoms with E-state index in [9.17, 15) is 116 Å². The molecule has 4 fully saturated rings. The highest BCUT2D eigenvalue weighted by atomic mass is 31.3. The summed E-state index contributed by atoms with van der Waals surface area (Å²) in [6, 6.07) is 8.30. The van der Waals surface area contributed by atoms with E-state index < -0.39 is 180 Å². The summed E-state index contributed by atoms with van der Waals surface area (Å²) in [6.07, 6.45) is -5.46. The Hall–Kier alpha value is -6.36. The minimum Gasteiger partial charge on any atom is -0.790 e. The van der Waals surface area contributed by atoms with Gasteiger partial charge in [-0.3, -0.25) is 56.2 Å². The molecule has 2 aliphatic carbocycles. The second-order valence-electron chi connectivity index (χ2n) is 30.5. The number of nitrogens with one attached hydrogen (secondary N) is 4. The maximum Gasteiger partial charge on any atom is 0.274 e. The number of nitrogens with zero attached hydrogens (tertiary/aromatic N) is 8. The van der Waals surface area contributed by atoms with Crippen molar-refractivity contribution < 1.29 is 161 Å². The van der Waals surface area contributed by atoms with Gasteiger partial charge in [0, 0.05) is 73.5 Å². The maximum absolute atomic E-state index is 13.3. The van der Waals surface area contributed by atoms with E-state index in [0.717, 1.165) is 111 Å². The van der Waals surface area contributed by atoms with Crippen molar-refractivity contribution in [2.75, 3.05) is 64.1 Å². The van der Waals surface area contributed by atoms with Gasteiger partial charge in [0.25, 0.3) is 31.3 Å². The van der Waals surface area contributed by atoms with Crippen molar-refractivity contribution in [1.29, 1.82) is 0 Å². The number of imidazole rings is 2. The SMILES string of the molecule is CC(C)(COP(=O)([O-])OP(=O)([O-])OCC1OC(n2cnc3c(N)ncnc32)C(O)C1OP(=O)([O-])[O-])C(O)C(=O)NCCC(=O)NCCC(=O)C1(CCCCCc2cccc(CCCCC3(C(=O)CCNC(=O)CCNC(=O)C(O)C(C)(C)COP(=O)([O-])OP(=O)([O-])OCC4OC(n5cnc6c(N)ncnc65)C(O)C4OP(=O)([O-])[O-])CC3)c2)CC1. The average molecular weight is 1800 g/mol. The van der Waals surface area contributed by atoms with E-state index >= 15 is 0 Å². The Labute approximate surface area is 679 Å². The zero-order valence-electron chi connectivity index (χ0n) is 64.5. The number of aliphatic hydroxyl groups is 4. The zero-order valence-corrected chi connectivity index (χ0v) is 69.9. The number of phosphoric acid groups is 6. The number of benzene rings is 1. The van der Waals surface area contributed by atoms with Crippen LogP contribution in [0.3, 0.4) is 0 Å². The van der Waals surface area contributed by atoms with E-state index in [2.05, 4.69) is 105 Å². The Morgan fingerprint density at radius 2 is 0.891 bits per heavy atom. The van der Waals surface area contributed by atoms with Gasteiger partial charge in [0.2, 0.25) is 23.6 Å². The standard InChI is InChI=1S/C65H100N14O34P6/c1-62(2,32-106-118(100,101)112-116(96,97)104-30-40-50(110-114(90,91)92)48(84)60(108-40)78-36-76-46-54(66)72-34-74-56(46)78)52(86)58(88)70-27-17-44(82)68-25-15-42(80)64(21-22-64)19-8-5-6-11-38-13-10-14-39(29-38)12-7-9-20-65(23-24-65)43(81)16-26-69-45(83)18-28-71-59(89)53(87)63(3,4)33-107-119(102,103)113-117(98,99)105-31-41-51(111-115(93,94)95)49(85)61(109-41)79-37-77-47-55(67)73-35-75-57(47)79/h10,13-14,29,34-37,40-41,48-53,60-61,84-87H,5-9,11-12,15-28,30-33H2,1-4H3,(H,68,82)(H,69,83)(H,70,88)(H,71,89)(H,96,97)(H,98,99)(H,100,101)(H,102,103)(H2,66,72,74)(H2,67,73,75)(H2,90,91,92)(H2,93,94,95)/p-8. The minimum absolute atomic E-state index is 0.0185. The predicted molar refractivity (Wildman–Crippen MR) is 390 cm³/mol. The van der Waals surface area contributed by atoms with Gasteiger partial charge in [-0.15, -0.1) is 0 Å². The van der Waals surface area contributed by atoms with Crippen LogP contribution in [0.15, 0.2) is 49.6 Å². The number of amides is 4. The van der Waals surface area contributed by atoms with Crippen molar-refractivity contribution in [3.63, 3.8) is 0 Å². The molecule has 4 aromatic heterocycles. The van der Waals surface area contributed by atoms with E-state index in [4.69, 9.17) is 20.9 Å². The van der Waals surface area contributed by atoms with Crippen LogP contribution in [0, 0.1) is 21.7 Å². The number of aromatic nitrogens is 8. The van der Waals surface area contributed by atoms with Gasteiger partial charge in [0.05, 0.1) is 54.7 Å². The molecular formula is C65H92N14O34P6-8. The van der Waals surface area contributed by atoms with Crippen LogP contribution in [0.1, 0.15) is 148 Å². The fraction of sp³-hybridized carbons (Fsp3) is 0.662. The number of ketones is 2. The Bertz CT molecular complexity index is 4730. The lowest BCUT2D eigenvalue weighted by Gasteiger charge is -2.36. The van der Waals surface area contributed by atoms with Crippen LogP contribution in [0.25, 0.3) is 22.3 Å². The lowest BCUT2D eigenvalue weighted by atomic mass is 9.87. The van der Waals surface area contributed by atoms with Gasteiger partial charge in [0.1, 0.15) is 84.1 Å². The smallest absolute Gasteiger partial charge is 0.274 e. The summed E-state index contributed by atoms with van der Waals surface area (Å²) in [5, 5.41) is 53.3. The first-order valence-corrected chi connectivity index (χ1v) is 46.1. The number of carbonyl (C=O) groups excluding carboxylic acids is 6. The van der Waals surface area contributed by atoms with Crippen molar-refractivity contribution in [3.8, 4) is 0 Å². The molecule has 4 aliphatic rings. The number of aryl methyl sites for hydroxylation is 2. The predicted octanol–water partition coefficient (Wildman–Crippen LogP) is -3.24. The summed E-state index contributed by atoms with van der Waals surface area (Å²) in [5.41, 5.74) is 9.40. The molecule has 54 heteroatoms. The molecular weight excluding hydrogens is 1710 g/mol. The molecule has 0 radical (unpaired) electrons. The average Bonchev–Trinajstić information content (AvgIpc) is 1.63. The molecule has 2 aliphatic heterocycles. The van der Waals surface area contributed by atoms with Crippen molar-refractivity contribution in [2.24, 2.45) is 21.7 Å². The fourth-order valence-electron chi connectivity index (χ4n) is 13.3. The van der Waals surface area contributed by atoms with Crippen LogP contribution in [-0.2, 0) is 114 Å². The summed E-state index contributed by atoms with van der Waals surface area (Å²) in [5.74, 6) is -3.32. The maximum atomic E-state index is 13.3. The number of unbranched alkanes of at least 4 members (excludes halogenated alkanes) is 3.